The molecule has 1 fully saturated rings. The largest absolute Gasteiger partial charge is 0.491 e. The lowest BCUT2D eigenvalue weighted by Gasteiger charge is -2.21. The van der Waals surface area contributed by atoms with Crippen LogP contribution in [-0.2, 0) is 0 Å². The summed E-state index contributed by atoms with van der Waals surface area (Å²) in [4.78, 5) is 4.80. The van der Waals surface area contributed by atoms with Crippen LogP contribution in [0.1, 0.15) is 31.9 Å². The van der Waals surface area contributed by atoms with Crippen LogP contribution in [0.4, 0.5) is 0 Å². The maximum atomic E-state index is 5.66. The molecule has 0 radical (unpaired) electrons. The van der Waals surface area contributed by atoms with Crippen molar-refractivity contribution in [2.75, 3.05) is 12.4 Å². The maximum Gasteiger partial charge on any atom is 0.157 e. The van der Waals surface area contributed by atoms with Crippen LogP contribution >= 0.6 is 11.8 Å². The minimum absolute atomic E-state index is 0.149. The SMILES string of the molecule is CCC1(C)CSC(=NC2COc3ccccc32)N1. The fourth-order valence-electron chi connectivity index (χ4n) is 2.21. The number of hydrogen-bond acceptors (Lipinski definition) is 3. The monoisotopic (exact) mass is 262 g/mol. The number of hydrogen-bond donors (Lipinski definition) is 1. The molecule has 0 saturated carbocycles. The summed E-state index contributed by atoms with van der Waals surface area (Å²) in [7, 11) is 0. The zero-order valence-corrected chi connectivity index (χ0v) is 11.6. The quantitative estimate of drug-likeness (QED) is 0.889. The van der Waals surface area contributed by atoms with Gasteiger partial charge in [0.05, 0.1) is 0 Å². The predicted octanol–water partition coefficient (Wildman–Crippen LogP) is 2.98. The van der Waals surface area contributed by atoms with Crippen LogP contribution < -0.4 is 10.1 Å². The standard InChI is InChI=1S/C14H18N2OS/c1-3-14(2)9-18-13(16-14)15-11-8-17-12-7-5-4-6-10(11)12/h4-7,11H,3,8-9H2,1-2H3,(H,15,16). The number of nitrogens with zero attached hydrogens (tertiary/aromatic N) is 1. The minimum atomic E-state index is 0.149. The fraction of sp³-hybridized carbons (Fsp3) is 0.500. The van der Waals surface area contributed by atoms with Gasteiger partial charge in [0.15, 0.2) is 5.17 Å². The Hall–Kier alpha value is -1.16. The number of thioether (sulfide) groups is 1. The number of nitrogens with one attached hydrogen (secondary N) is 1. The first-order valence-electron chi connectivity index (χ1n) is 6.41. The molecule has 0 spiro atoms. The fourth-order valence-corrected chi connectivity index (χ4v) is 3.46. The summed E-state index contributed by atoms with van der Waals surface area (Å²) < 4.78 is 5.66. The van der Waals surface area contributed by atoms with E-state index in [-0.39, 0.29) is 11.6 Å². The second-order valence-corrected chi connectivity index (χ2v) is 6.09. The number of amidine groups is 1. The molecule has 1 N–H and O–H groups in total. The van der Waals surface area contributed by atoms with E-state index >= 15 is 0 Å². The summed E-state index contributed by atoms with van der Waals surface area (Å²) in [5, 5.41) is 4.59. The lowest BCUT2D eigenvalue weighted by atomic mass is 10.0. The van der Waals surface area contributed by atoms with Crippen LogP contribution in [0.5, 0.6) is 5.75 Å². The van der Waals surface area contributed by atoms with Crippen molar-refractivity contribution in [3.05, 3.63) is 29.8 Å². The zero-order chi connectivity index (χ0) is 12.6. The first kappa shape index (κ1) is 11.9. The Morgan fingerprint density at radius 2 is 2.33 bits per heavy atom. The molecule has 1 aromatic carbocycles. The molecule has 0 bridgehead atoms. The third-order valence-electron chi connectivity index (χ3n) is 3.66. The highest BCUT2D eigenvalue weighted by molar-refractivity contribution is 8.14. The van der Waals surface area contributed by atoms with E-state index in [9.17, 15) is 0 Å². The molecule has 2 unspecified atom stereocenters. The van der Waals surface area contributed by atoms with Gasteiger partial charge < -0.3 is 10.1 Å². The molecule has 3 rings (SSSR count). The predicted molar refractivity (Wildman–Crippen MR) is 76.4 cm³/mol. The highest BCUT2D eigenvalue weighted by Crippen LogP contribution is 2.36. The van der Waals surface area contributed by atoms with Gasteiger partial charge in [0, 0.05) is 16.9 Å². The number of rotatable bonds is 2. The van der Waals surface area contributed by atoms with Crippen LogP contribution in [0.3, 0.4) is 0 Å². The number of aliphatic imine (C=N–C) groups is 1. The van der Waals surface area contributed by atoms with Gasteiger partial charge in [0.2, 0.25) is 0 Å². The van der Waals surface area contributed by atoms with E-state index in [2.05, 4.69) is 25.2 Å². The van der Waals surface area contributed by atoms with E-state index < -0.39 is 0 Å². The van der Waals surface area contributed by atoms with Crippen molar-refractivity contribution >= 4 is 16.9 Å². The van der Waals surface area contributed by atoms with Crippen molar-refractivity contribution in [1.82, 2.24) is 5.32 Å². The molecular formula is C14H18N2OS. The molecular weight excluding hydrogens is 244 g/mol. The lowest BCUT2D eigenvalue weighted by molar-refractivity contribution is 0.333. The molecule has 1 aromatic rings. The number of fused-ring (bicyclic) bond motifs is 1. The smallest absolute Gasteiger partial charge is 0.157 e. The maximum absolute atomic E-state index is 5.66. The van der Waals surface area contributed by atoms with Crippen molar-refractivity contribution in [3.8, 4) is 5.75 Å². The topological polar surface area (TPSA) is 33.6 Å². The zero-order valence-electron chi connectivity index (χ0n) is 10.8. The van der Waals surface area contributed by atoms with E-state index in [1.165, 1.54) is 5.56 Å². The Bertz CT molecular complexity index is 488. The second kappa shape index (κ2) is 4.50. The van der Waals surface area contributed by atoms with Crippen LogP contribution in [0, 0.1) is 0 Å². The highest BCUT2D eigenvalue weighted by Gasteiger charge is 2.32. The molecule has 2 aliphatic rings. The summed E-state index contributed by atoms with van der Waals surface area (Å²) in [6.45, 7) is 5.13. The van der Waals surface area contributed by atoms with E-state index in [0.717, 1.165) is 23.1 Å². The average Bonchev–Trinajstić information content (AvgIpc) is 2.96. The highest BCUT2D eigenvalue weighted by atomic mass is 32.2. The lowest BCUT2D eigenvalue weighted by Crippen LogP contribution is -2.39. The molecule has 1 saturated heterocycles. The van der Waals surface area contributed by atoms with Crippen LogP contribution in [0.2, 0.25) is 0 Å². The minimum Gasteiger partial charge on any atom is -0.491 e. The molecule has 0 aromatic heterocycles. The normalized spacial score (nSPS) is 32.1. The van der Waals surface area contributed by atoms with Crippen molar-refractivity contribution in [3.63, 3.8) is 0 Å². The summed E-state index contributed by atoms with van der Waals surface area (Å²) >= 11 is 1.82. The molecule has 2 heterocycles. The summed E-state index contributed by atoms with van der Waals surface area (Å²) in [6, 6.07) is 8.32. The summed E-state index contributed by atoms with van der Waals surface area (Å²) in [5.41, 5.74) is 1.40. The van der Waals surface area contributed by atoms with Crippen LogP contribution in [0.15, 0.2) is 29.3 Å². The summed E-state index contributed by atoms with van der Waals surface area (Å²) in [5.74, 6) is 2.07. The molecule has 0 amide bonds. The van der Waals surface area contributed by atoms with E-state index in [1.807, 2.05) is 30.0 Å². The van der Waals surface area contributed by atoms with Gasteiger partial charge in [-0.25, -0.2) is 0 Å². The Kier molecular flexibility index (Phi) is 2.98. The number of ether oxygens (including phenoxy) is 1. The Morgan fingerprint density at radius 3 is 3.11 bits per heavy atom. The number of benzene rings is 1. The third kappa shape index (κ3) is 2.09. The second-order valence-electron chi connectivity index (χ2n) is 5.13. The molecule has 2 atom stereocenters. The van der Waals surface area contributed by atoms with Crippen molar-refractivity contribution < 1.29 is 4.74 Å². The van der Waals surface area contributed by atoms with Gasteiger partial charge >= 0.3 is 0 Å². The van der Waals surface area contributed by atoms with Crippen molar-refractivity contribution in [2.24, 2.45) is 4.99 Å². The Balaban J connectivity index is 1.79. The molecule has 0 aliphatic carbocycles. The molecule has 96 valence electrons. The Labute approximate surface area is 112 Å². The van der Waals surface area contributed by atoms with Crippen LogP contribution in [0.25, 0.3) is 0 Å². The van der Waals surface area contributed by atoms with Gasteiger partial charge in [-0.15, -0.1) is 0 Å². The summed E-state index contributed by atoms with van der Waals surface area (Å²) in [6.07, 6.45) is 1.12. The van der Waals surface area contributed by atoms with E-state index in [0.29, 0.717) is 6.61 Å². The van der Waals surface area contributed by atoms with Gasteiger partial charge in [0.1, 0.15) is 18.4 Å². The van der Waals surface area contributed by atoms with Gasteiger partial charge in [-0.2, -0.15) is 0 Å². The molecule has 4 heteroatoms. The molecule has 18 heavy (non-hydrogen) atoms. The van der Waals surface area contributed by atoms with Gasteiger partial charge in [-0.05, 0) is 19.4 Å². The van der Waals surface area contributed by atoms with E-state index in [1.54, 1.807) is 0 Å². The van der Waals surface area contributed by atoms with Gasteiger partial charge in [0.25, 0.3) is 0 Å². The van der Waals surface area contributed by atoms with Gasteiger partial charge in [-0.1, -0.05) is 36.9 Å². The molecule has 3 nitrogen and oxygen atoms in total. The van der Waals surface area contributed by atoms with Crippen molar-refractivity contribution in [1.29, 1.82) is 0 Å². The van der Waals surface area contributed by atoms with Gasteiger partial charge in [-0.3, -0.25) is 4.99 Å². The average molecular weight is 262 g/mol. The van der Waals surface area contributed by atoms with Crippen LogP contribution in [-0.4, -0.2) is 23.1 Å². The first-order chi connectivity index (χ1) is 8.70. The van der Waals surface area contributed by atoms with E-state index in [4.69, 9.17) is 9.73 Å². The van der Waals surface area contributed by atoms with Crippen molar-refractivity contribution in [2.45, 2.75) is 31.8 Å². The Morgan fingerprint density at radius 1 is 1.50 bits per heavy atom. The number of para-hydroxylation sites is 1. The first-order valence-corrected chi connectivity index (χ1v) is 7.39. The molecule has 2 aliphatic heterocycles. The third-order valence-corrected chi connectivity index (χ3v) is 4.93.